The third-order valence-corrected chi connectivity index (χ3v) is 4.73. The summed E-state index contributed by atoms with van der Waals surface area (Å²) in [5.41, 5.74) is 1.65. The van der Waals surface area contributed by atoms with E-state index in [4.69, 9.17) is 16.0 Å². The Morgan fingerprint density at radius 1 is 1.17 bits per heavy atom. The van der Waals surface area contributed by atoms with Crippen LogP contribution in [0.3, 0.4) is 0 Å². The Balaban J connectivity index is 1.60. The summed E-state index contributed by atoms with van der Waals surface area (Å²) < 4.78 is 5.24. The lowest BCUT2D eigenvalue weighted by Gasteiger charge is -2.12. The molecule has 3 aromatic rings. The van der Waals surface area contributed by atoms with E-state index in [0.717, 1.165) is 16.1 Å². The number of hydrogen-bond acceptors (Lipinski definition) is 4. The highest BCUT2D eigenvalue weighted by Crippen LogP contribution is 2.26. The maximum absolute atomic E-state index is 12.3. The van der Waals surface area contributed by atoms with Crippen molar-refractivity contribution in [1.29, 1.82) is 0 Å². The monoisotopic (exact) mass is 358 g/mol. The third kappa shape index (κ3) is 4.19. The van der Waals surface area contributed by atoms with E-state index >= 15 is 0 Å². The van der Waals surface area contributed by atoms with E-state index in [0.29, 0.717) is 10.8 Å². The predicted molar refractivity (Wildman–Crippen MR) is 97.3 cm³/mol. The van der Waals surface area contributed by atoms with Gasteiger partial charge >= 0.3 is 0 Å². The quantitative estimate of drug-likeness (QED) is 0.643. The van der Waals surface area contributed by atoms with Gasteiger partial charge < -0.3 is 9.73 Å². The molecule has 0 fully saturated rings. The standard InChI is InChI=1S/C18H15ClN2O2S/c1-12(24-16-8-4-14(19)5-9-16)18(22)21-15-6-2-13(3-7-15)17-10-20-11-23-17/h2-12H,1H3,(H,21,22). The first-order chi connectivity index (χ1) is 11.6. The molecule has 24 heavy (non-hydrogen) atoms. The smallest absolute Gasteiger partial charge is 0.237 e. The van der Waals surface area contributed by atoms with E-state index < -0.39 is 0 Å². The summed E-state index contributed by atoms with van der Waals surface area (Å²) in [5, 5.41) is 3.38. The summed E-state index contributed by atoms with van der Waals surface area (Å²) in [6.45, 7) is 1.87. The number of carbonyl (C=O) groups is 1. The molecular formula is C18H15ClN2O2S. The summed E-state index contributed by atoms with van der Waals surface area (Å²) in [4.78, 5) is 17.2. The topological polar surface area (TPSA) is 55.1 Å². The van der Waals surface area contributed by atoms with Crippen molar-refractivity contribution in [3.8, 4) is 11.3 Å². The van der Waals surface area contributed by atoms with Gasteiger partial charge in [-0.15, -0.1) is 11.8 Å². The molecule has 1 atom stereocenters. The first-order valence-corrected chi connectivity index (χ1v) is 8.59. The van der Waals surface area contributed by atoms with Gasteiger partial charge in [-0.3, -0.25) is 4.79 Å². The fraction of sp³-hybridized carbons (Fsp3) is 0.111. The van der Waals surface area contributed by atoms with Crippen LogP contribution in [0.4, 0.5) is 5.69 Å². The Kier molecular flexibility index (Phi) is 5.23. The number of aromatic nitrogens is 1. The number of benzene rings is 2. The van der Waals surface area contributed by atoms with Crippen LogP contribution in [0, 0.1) is 0 Å². The number of anilines is 1. The maximum Gasteiger partial charge on any atom is 0.237 e. The molecule has 1 aromatic heterocycles. The number of carbonyl (C=O) groups excluding carboxylic acids is 1. The molecule has 1 N–H and O–H groups in total. The van der Waals surface area contributed by atoms with E-state index in [1.165, 1.54) is 18.2 Å². The second kappa shape index (κ2) is 7.55. The number of nitrogens with zero attached hydrogens (tertiary/aromatic N) is 1. The molecule has 0 aliphatic heterocycles. The molecule has 0 saturated heterocycles. The zero-order valence-electron chi connectivity index (χ0n) is 12.9. The van der Waals surface area contributed by atoms with E-state index in [1.54, 1.807) is 6.20 Å². The van der Waals surface area contributed by atoms with Gasteiger partial charge in [0.25, 0.3) is 0 Å². The van der Waals surface area contributed by atoms with Gasteiger partial charge in [0.1, 0.15) is 0 Å². The summed E-state index contributed by atoms with van der Waals surface area (Å²) in [6, 6.07) is 14.9. The SMILES string of the molecule is CC(Sc1ccc(Cl)cc1)C(=O)Nc1ccc(-c2cnco2)cc1. The maximum atomic E-state index is 12.3. The van der Waals surface area contributed by atoms with Crippen molar-refractivity contribution in [3.05, 3.63) is 66.1 Å². The first-order valence-electron chi connectivity index (χ1n) is 7.34. The van der Waals surface area contributed by atoms with Crippen LogP contribution in [0.1, 0.15) is 6.92 Å². The van der Waals surface area contributed by atoms with Gasteiger partial charge in [-0.05, 0) is 55.5 Å². The molecule has 1 heterocycles. The van der Waals surface area contributed by atoms with Crippen LogP contribution in [0.5, 0.6) is 0 Å². The zero-order valence-corrected chi connectivity index (χ0v) is 14.5. The van der Waals surface area contributed by atoms with Crippen LogP contribution in [0.15, 0.2) is 70.4 Å². The summed E-state index contributed by atoms with van der Waals surface area (Å²) in [7, 11) is 0. The molecule has 0 spiro atoms. The van der Waals surface area contributed by atoms with Gasteiger partial charge in [0.2, 0.25) is 5.91 Å². The van der Waals surface area contributed by atoms with Gasteiger partial charge in [0.15, 0.2) is 12.2 Å². The normalized spacial score (nSPS) is 11.9. The number of amides is 1. The second-order valence-corrected chi connectivity index (χ2v) is 7.00. The average molecular weight is 359 g/mol. The Bertz CT molecular complexity index is 802. The fourth-order valence-electron chi connectivity index (χ4n) is 2.09. The minimum Gasteiger partial charge on any atom is -0.444 e. The molecule has 6 heteroatoms. The van der Waals surface area contributed by atoms with Crippen LogP contribution in [-0.2, 0) is 4.79 Å². The molecule has 0 bridgehead atoms. The molecule has 0 aliphatic rings. The summed E-state index contributed by atoms with van der Waals surface area (Å²) in [5.74, 6) is 0.641. The van der Waals surface area contributed by atoms with Gasteiger partial charge in [0.05, 0.1) is 11.4 Å². The van der Waals surface area contributed by atoms with Crippen molar-refractivity contribution in [1.82, 2.24) is 4.98 Å². The molecular weight excluding hydrogens is 344 g/mol. The Morgan fingerprint density at radius 3 is 2.50 bits per heavy atom. The predicted octanol–water partition coefficient (Wildman–Crippen LogP) is 5.11. The Labute approximate surface area is 149 Å². The van der Waals surface area contributed by atoms with Gasteiger partial charge in [-0.25, -0.2) is 4.98 Å². The van der Waals surface area contributed by atoms with Gasteiger partial charge in [0, 0.05) is 21.2 Å². The largest absolute Gasteiger partial charge is 0.444 e. The van der Waals surface area contributed by atoms with Crippen molar-refractivity contribution in [2.45, 2.75) is 17.1 Å². The third-order valence-electron chi connectivity index (χ3n) is 3.36. The van der Waals surface area contributed by atoms with E-state index in [2.05, 4.69) is 10.3 Å². The number of thioether (sulfide) groups is 1. The highest BCUT2D eigenvalue weighted by molar-refractivity contribution is 8.00. The number of oxazole rings is 1. The molecule has 2 aromatic carbocycles. The van der Waals surface area contributed by atoms with Crippen molar-refractivity contribution in [2.75, 3.05) is 5.32 Å². The minimum absolute atomic E-state index is 0.0534. The lowest BCUT2D eigenvalue weighted by molar-refractivity contribution is -0.115. The van der Waals surface area contributed by atoms with E-state index in [1.807, 2.05) is 55.5 Å². The van der Waals surface area contributed by atoms with Crippen LogP contribution >= 0.6 is 23.4 Å². The zero-order chi connectivity index (χ0) is 16.9. The van der Waals surface area contributed by atoms with E-state index in [-0.39, 0.29) is 11.2 Å². The highest BCUT2D eigenvalue weighted by Gasteiger charge is 2.14. The molecule has 3 rings (SSSR count). The fourth-order valence-corrected chi connectivity index (χ4v) is 3.08. The van der Waals surface area contributed by atoms with Crippen LogP contribution < -0.4 is 5.32 Å². The molecule has 122 valence electrons. The summed E-state index contributed by atoms with van der Waals surface area (Å²) in [6.07, 6.45) is 3.04. The number of halogens is 1. The molecule has 4 nitrogen and oxygen atoms in total. The van der Waals surface area contributed by atoms with Gasteiger partial charge in [-0.2, -0.15) is 0 Å². The first kappa shape index (κ1) is 16.6. The number of nitrogens with one attached hydrogen (secondary N) is 1. The van der Waals surface area contributed by atoms with Crippen molar-refractivity contribution >= 4 is 35.0 Å². The molecule has 0 radical (unpaired) electrons. The van der Waals surface area contributed by atoms with Crippen molar-refractivity contribution in [3.63, 3.8) is 0 Å². The highest BCUT2D eigenvalue weighted by atomic mass is 35.5. The minimum atomic E-state index is -0.222. The van der Waals surface area contributed by atoms with Crippen LogP contribution in [-0.4, -0.2) is 16.1 Å². The van der Waals surface area contributed by atoms with Crippen molar-refractivity contribution in [2.24, 2.45) is 0 Å². The van der Waals surface area contributed by atoms with E-state index in [9.17, 15) is 4.79 Å². The van der Waals surface area contributed by atoms with Gasteiger partial charge in [-0.1, -0.05) is 11.6 Å². The summed E-state index contributed by atoms with van der Waals surface area (Å²) >= 11 is 7.36. The molecule has 1 unspecified atom stereocenters. The Hall–Kier alpha value is -2.24. The van der Waals surface area contributed by atoms with Crippen LogP contribution in [0.2, 0.25) is 5.02 Å². The molecule has 0 saturated carbocycles. The lowest BCUT2D eigenvalue weighted by Crippen LogP contribution is -2.22. The number of hydrogen-bond donors (Lipinski definition) is 1. The lowest BCUT2D eigenvalue weighted by atomic mass is 10.1. The van der Waals surface area contributed by atoms with Crippen molar-refractivity contribution < 1.29 is 9.21 Å². The molecule has 0 aliphatic carbocycles. The number of rotatable bonds is 5. The average Bonchev–Trinajstić information content (AvgIpc) is 3.12. The Morgan fingerprint density at radius 2 is 1.88 bits per heavy atom. The van der Waals surface area contributed by atoms with Crippen LogP contribution in [0.25, 0.3) is 11.3 Å². The second-order valence-electron chi connectivity index (χ2n) is 5.15. The molecule has 1 amide bonds.